The van der Waals surface area contributed by atoms with Gasteiger partial charge in [-0.3, -0.25) is 4.79 Å². The molecule has 0 heterocycles. The molecule has 2 amide bonds. The second-order valence-corrected chi connectivity index (χ2v) is 6.13. The summed E-state index contributed by atoms with van der Waals surface area (Å²) in [6.07, 6.45) is 7.54. The second kappa shape index (κ2) is 8.58. The summed E-state index contributed by atoms with van der Waals surface area (Å²) >= 11 is 0. The number of rotatable bonds is 6. The summed E-state index contributed by atoms with van der Waals surface area (Å²) < 4.78 is 10.1. The number of alkyl carbamates (subject to hydrolysis) is 1. The van der Waals surface area contributed by atoms with Gasteiger partial charge in [-0.15, -0.1) is 0 Å². The van der Waals surface area contributed by atoms with Crippen molar-refractivity contribution in [2.24, 2.45) is 0 Å². The maximum atomic E-state index is 12.2. The minimum absolute atomic E-state index is 0.0833. The zero-order valence-corrected chi connectivity index (χ0v) is 13.8. The summed E-state index contributed by atoms with van der Waals surface area (Å²) in [5.74, 6) is -0.299. The lowest BCUT2D eigenvalue weighted by Gasteiger charge is -2.23. The fourth-order valence-electron chi connectivity index (χ4n) is 1.91. The molecule has 0 unspecified atom stereocenters. The van der Waals surface area contributed by atoms with Crippen LogP contribution in [0.5, 0.6) is 0 Å². The van der Waals surface area contributed by atoms with E-state index in [1.165, 1.54) is 7.11 Å². The zero-order chi connectivity index (χ0) is 16.6. The quantitative estimate of drug-likeness (QED) is 0.786. The Kier molecular flexibility index (Phi) is 7.11. The van der Waals surface area contributed by atoms with Crippen LogP contribution in [-0.4, -0.2) is 43.9 Å². The third-order valence-corrected chi connectivity index (χ3v) is 2.88. The van der Waals surface area contributed by atoms with Crippen LogP contribution in [-0.2, 0) is 14.3 Å². The monoisotopic (exact) mass is 310 g/mol. The van der Waals surface area contributed by atoms with E-state index in [2.05, 4.69) is 22.8 Å². The standard InChI is InChI=1S/C16H26N2O4/c1-16(2,3)22-15(20)18-13(11-21-4)14(19)17-10-12-8-6-5-7-9-12/h6,8-9,13H,5,7,10-11H2,1-4H3,(H,17,19)(H,18,20)/t13-/m1/s1. The maximum absolute atomic E-state index is 12.2. The van der Waals surface area contributed by atoms with Gasteiger partial charge in [-0.2, -0.15) is 0 Å². The van der Waals surface area contributed by atoms with Crippen LogP contribution in [0.25, 0.3) is 0 Å². The predicted octanol–water partition coefficient (Wildman–Crippen LogP) is 1.92. The van der Waals surface area contributed by atoms with Gasteiger partial charge < -0.3 is 20.1 Å². The van der Waals surface area contributed by atoms with Gasteiger partial charge in [0.1, 0.15) is 11.6 Å². The molecule has 0 saturated carbocycles. The van der Waals surface area contributed by atoms with Crippen molar-refractivity contribution in [3.63, 3.8) is 0 Å². The Hall–Kier alpha value is -1.82. The second-order valence-electron chi connectivity index (χ2n) is 6.13. The van der Waals surface area contributed by atoms with Gasteiger partial charge in [0, 0.05) is 13.7 Å². The Morgan fingerprint density at radius 3 is 2.59 bits per heavy atom. The average Bonchev–Trinajstić information content (AvgIpc) is 2.43. The van der Waals surface area contributed by atoms with Crippen LogP contribution in [0.4, 0.5) is 4.79 Å². The highest BCUT2D eigenvalue weighted by atomic mass is 16.6. The van der Waals surface area contributed by atoms with E-state index < -0.39 is 17.7 Å². The largest absolute Gasteiger partial charge is 0.444 e. The number of ether oxygens (including phenoxy) is 2. The van der Waals surface area contributed by atoms with Gasteiger partial charge in [0.05, 0.1) is 6.61 Å². The fourth-order valence-corrected chi connectivity index (χ4v) is 1.91. The lowest BCUT2D eigenvalue weighted by molar-refractivity contribution is -0.124. The molecule has 6 nitrogen and oxygen atoms in total. The third kappa shape index (κ3) is 7.26. The van der Waals surface area contributed by atoms with Gasteiger partial charge >= 0.3 is 6.09 Å². The molecule has 0 aromatic rings. The molecule has 0 saturated heterocycles. The first-order valence-corrected chi connectivity index (χ1v) is 7.43. The Morgan fingerprint density at radius 2 is 2.05 bits per heavy atom. The number of amides is 2. The minimum Gasteiger partial charge on any atom is -0.444 e. The first-order chi connectivity index (χ1) is 10.3. The lowest BCUT2D eigenvalue weighted by atomic mass is 10.1. The van der Waals surface area contributed by atoms with Crippen molar-refractivity contribution in [3.8, 4) is 0 Å². The molecule has 0 fully saturated rings. The molecule has 1 rings (SSSR count). The summed E-state index contributed by atoms with van der Waals surface area (Å²) in [4.78, 5) is 23.9. The van der Waals surface area contributed by atoms with Gasteiger partial charge in [-0.1, -0.05) is 18.2 Å². The van der Waals surface area contributed by atoms with Crippen LogP contribution >= 0.6 is 0 Å². The molecule has 0 bridgehead atoms. The van der Waals surface area contributed by atoms with Crippen molar-refractivity contribution in [2.45, 2.75) is 45.3 Å². The highest BCUT2D eigenvalue weighted by Crippen LogP contribution is 2.09. The van der Waals surface area contributed by atoms with E-state index in [0.29, 0.717) is 6.54 Å². The molecule has 6 heteroatoms. The van der Waals surface area contributed by atoms with Crippen molar-refractivity contribution in [1.29, 1.82) is 0 Å². The van der Waals surface area contributed by atoms with Crippen LogP contribution in [0.1, 0.15) is 33.6 Å². The molecule has 1 aliphatic carbocycles. The maximum Gasteiger partial charge on any atom is 0.408 e. The molecule has 1 atom stereocenters. The van der Waals surface area contributed by atoms with E-state index in [1.54, 1.807) is 20.8 Å². The molecular formula is C16H26N2O4. The van der Waals surface area contributed by atoms with E-state index in [9.17, 15) is 9.59 Å². The first kappa shape index (κ1) is 18.2. The number of allylic oxidation sites excluding steroid dienone is 2. The number of carbonyl (C=O) groups excluding carboxylic acids is 2. The van der Waals surface area contributed by atoms with Crippen molar-refractivity contribution >= 4 is 12.0 Å². The number of carbonyl (C=O) groups is 2. The fraction of sp³-hybridized carbons (Fsp3) is 0.625. The molecule has 0 aromatic heterocycles. The molecule has 0 spiro atoms. The molecule has 1 aliphatic rings. The molecule has 0 radical (unpaired) electrons. The summed E-state index contributed by atoms with van der Waals surface area (Å²) in [6, 6.07) is -0.784. The van der Waals surface area contributed by atoms with E-state index in [1.807, 2.05) is 6.08 Å². The van der Waals surface area contributed by atoms with Crippen LogP contribution in [0.3, 0.4) is 0 Å². The number of hydrogen-bond acceptors (Lipinski definition) is 4. The van der Waals surface area contributed by atoms with Gasteiger partial charge in [0.25, 0.3) is 0 Å². The highest BCUT2D eigenvalue weighted by Gasteiger charge is 2.24. The Bertz CT molecular complexity index is 450. The molecule has 124 valence electrons. The Labute approximate surface area is 131 Å². The number of hydrogen-bond donors (Lipinski definition) is 2. The van der Waals surface area contributed by atoms with Crippen molar-refractivity contribution in [3.05, 3.63) is 23.8 Å². The summed E-state index contributed by atoms with van der Waals surface area (Å²) in [7, 11) is 1.48. The van der Waals surface area contributed by atoms with Gasteiger partial charge in [-0.25, -0.2) is 4.79 Å². The molecule has 0 aromatic carbocycles. The van der Waals surface area contributed by atoms with E-state index in [-0.39, 0.29) is 12.5 Å². The van der Waals surface area contributed by atoms with Crippen molar-refractivity contribution < 1.29 is 19.1 Å². The summed E-state index contributed by atoms with van der Waals surface area (Å²) in [6.45, 7) is 5.81. The van der Waals surface area contributed by atoms with E-state index >= 15 is 0 Å². The van der Waals surface area contributed by atoms with Gasteiger partial charge in [0.15, 0.2) is 0 Å². The van der Waals surface area contributed by atoms with Crippen LogP contribution in [0.15, 0.2) is 23.8 Å². The van der Waals surface area contributed by atoms with E-state index in [4.69, 9.17) is 9.47 Å². The molecule has 2 N–H and O–H groups in total. The van der Waals surface area contributed by atoms with Crippen LogP contribution in [0.2, 0.25) is 0 Å². The van der Waals surface area contributed by atoms with Gasteiger partial charge in [0.2, 0.25) is 5.91 Å². The van der Waals surface area contributed by atoms with Crippen LogP contribution in [0, 0.1) is 0 Å². The Balaban J connectivity index is 2.50. The predicted molar refractivity (Wildman–Crippen MR) is 84.5 cm³/mol. The topological polar surface area (TPSA) is 76.7 Å². The molecule has 0 aliphatic heterocycles. The number of methoxy groups -OCH3 is 1. The van der Waals surface area contributed by atoms with Crippen molar-refractivity contribution in [2.75, 3.05) is 20.3 Å². The normalized spacial score (nSPS) is 15.7. The highest BCUT2D eigenvalue weighted by molar-refractivity contribution is 5.86. The molecule has 22 heavy (non-hydrogen) atoms. The lowest BCUT2D eigenvalue weighted by Crippen LogP contribution is -2.50. The SMILES string of the molecule is COC[C@@H](NC(=O)OC(C)(C)C)C(=O)NCC1=CCCC=C1. The van der Waals surface area contributed by atoms with E-state index in [0.717, 1.165) is 18.4 Å². The van der Waals surface area contributed by atoms with Crippen LogP contribution < -0.4 is 10.6 Å². The minimum atomic E-state index is -0.784. The number of nitrogens with one attached hydrogen (secondary N) is 2. The average molecular weight is 310 g/mol. The molecular weight excluding hydrogens is 284 g/mol. The zero-order valence-electron chi connectivity index (χ0n) is 13.8. The first-order valence-electron chi connectivity index (χ1n) is 7.43. The third-order valence-electron chi connectivity index (χ3n) is 2.88. The smallest absolute Gasteiger partial charge is 0.408 e. The van der Waals surface area contributed by atoms with Gasteiger partial charge in [-0.05, 0) is 39.2 Å². The van der Waals surface area contributed by atoms with Crippen molar-refractivity contribution in [1.82, 2.24) is 10.6 Å². The summed E-state index contributed by atoms with van der Waals surface area (Å²) in [5, 5.41) is 5.32. The Morgan fingerprint density at radius 1 is 1.32 bits per heavy atom. The summed E-state index contributed by atoms with van der Waals surface area (Å²) in [5.41, 5.74) is 0.448.